The fourth-order valence-electron chi connectivity index (χ4n) is 3.25. The Labute approximate surface area is 113 Å². The van der Waals surface area contributed by atoms with Crippen LogP contribution < -0.4 is 5.32 Å². The lowest BCUT2D eigenvalue weighted by Gasteiger charge is -2.50. The van der Waals surface area contributed by atoms with Gasteiger partial charge in [0.05, 0.1) is 7.05 Å². The molecule has 2 unspecified atom stereocenters. The van der Waals surface area contributed by atoms with Gasteiger partial charge in [-0.15, -0.1) is 10.2 Å². The van der Waals surface area contributed by atoms with E-state index >= 15 is 0 Å². The molecule has 2 bridgehead atoms. The Bertz CT molecular complexity index is 410. The molecule has 3 fully saturated rings. The summed E-state index contributed by atoms with van der Waals surface area (Å²) >= 11 is 0. The zero-order valence-corrected chi connectivity index (χ0v) is 11.8. The first-order valence-corrected chi connectivity index (χ1v) is 7.19. The van der Waals surface area contributed by atoms with Crippen molar-refractivity contribution in [1.29, 1.82) is 0 Å². The second-order valence-electron chi connectivity index (χ2n) is 5.47. The second-order valence-corrected chi connectivity index (χ2v) is 5.47. The average Bonchev–Trinajstić information content (AvgIpc) is 2.85. The fraction of sp³-hybridized carbons (Fsp3) is 0.917. The van der Waals surface area contributed by atoms with E-state index in [0.29, 0.717) is 12.1 Å². The average molecular weight is 265 g/mol. The molecule has 3 aliphatic heterocycles. The smallest absolute Gasteiger partial charge is 0.176 e. The highest BCUT2D eigenvalue weighted by Gasteiger charge is 2.36. The number of aryl methyl sites for hydroxylation is 1. The van der Waals surface area contributed by atoms with Crippen LogP contribution in [0, 0.1) is 0 Å². The Hall–Kier alpha value is -1.05. The standard InChI is InChI=1S/C12H23N7/c1-3-13-10(8-12-14-16-17(2)15-12)11-9-18-4-6-19(11)7-5-18/h10-11,13H,3-9H2,1-2H3. The zero-order valence-electron chi connectivity index (χ0n) is 11.8. The molecule has 0 saturated carbocycles. The molecule has 0 aromatic carbocycles. The lowest BCUT2D eigenvalue weighted by Crippen LogP contribution is -2.66. The van der Waals surface area contributed by atoms with Crippen LogP contribution in [-0.4, -0.2) is 81.4 Å². The summed E-state index contributed by atoms with van der Waals surface area (Å²) < 4.78 is 0. The second kappa shape index (κ2) is 5.52. The van der Waals surface area contributed by atoms with Gasteiger partial charge < -0.3 is 5.32 Å². The van der Waals surface area contributed by atoms with Crippen LogP contribution in [-0.2, 0) is 13.5 Å². The van der Waals surface area contributed by atoms with Gasteiger partial charge in [0.1, 0.15) is 0 Å². The Morgan fingerprint density at radius 3 is 2.63 bits per heavy atom. The van der Waals surface area contributed by atoms with Gasteiger partial charge in [0.25, 0.3) is 0 Å². The van der Waals surface area contributed by atoms with E-state index in [-0.39, 0.29) is 0 Å². The lowest BCUT2D eigenvalue weighted by molar-refractivity contribution is -0.00317. The van der Waals surface area contributed by atoms with Crippen molar-refractivity contribution in [1.82, 2.24) is 35.3 Å². The van der Waals surface area contributed by atoms with Crippen LogP contribution in [0.3, 0.4) is 0 Å². The van der Waals surface area contributed by atoms with Crippen molar-refractivity contribution in [3.8, 4) is 0 Å². The monoisotopic (exact) mass is 265 g/mol. The minimum absolute atomic E-state index is 0.414. The predicted octanol–water partition coefficient (Wildman–Crippen LogP) is -1.27. The minimum Gasteiger partial charge on any atom is -0.312 e. The van der Waals surface area contributed by atoms with E-state index in [4.69, 9.17) is 0 Å². The maximum atomic E-state index is 4.31. The van der Waals surface area contributed by atoms with Gasteiger partial charge >= 0.3 is 0 Å². The van der Waals surface area contributed by atoms with Crippen LogP contribution >= 0.6 is 0 Å². The predicted molar refractivity (Wildman–Crippen MR) is 71.8 cm³/mol. The molecule has 0 radical (unpaired) electrons. The van der Waals surface area contributed by atoms with E-state index in [1.165, 1.54) is 31.0 Å². The normalized spacial score (nSPS) is 31.6. The molecular weight excluding hydrogens is 242 g/mol. The highest BCUT2D eigenvalue weighted by Crippen LogP contribution is 2.19. The number of aromatic nitrogens is 4. The number of tetrazole rings is 1. The molecule has 106 valence electrons. The van der Waals surface area contributed by atoms with Gasteiger partial charge in [0.2, 0.25) is 0 Å². The quantitative estimate of drug-likeness (QED) is 0.716. The number of hydrogen-bond acceptors (Lipinski definition) is 6. The molecule has 2 atom stereocenters. The third-order valence-electron chi connectivity index (χ3n) is 4.20. The molecule has 3 saturated heterocycles. The minimum atomic E-state index is 0.414. The molecule has 4 heterocycles. The highest BCUT2D eigenvalue weighted by atomic mass is 15.6. The summed E-state index contributed by atoms with van der Waals surface area (Å²) in [5.74, 6) is 0.839. The lowest BCUT2D eigenvalue weighted by atomic mass is 9.97. The Morgan fingerprint density at radius 1 is 1.32 bits per heavy atom. The van der Waals surface area contributed by atoms with Crippen LogP contribution in [0.5, 0.6) is 0 Å². The van der Waals surface area contributed by atoms with Crippen LogP contribution in [0.15, 0.2) is 0 Å². The summed E-state index contributed by atoms with van der Waals surface area (Å²) in [4.78, 5) is 6.72. The number of nitrogens with one attached hydrogen (secondary N) is 1. The van der Waals surface area contributed by atoms with Crippen molar-refractivity contribution in [3.05, 3.63) is 5.82 Å². The number of nitrogens with zero attached hydrogens (tertiary/aromatic N) is 6. The molecule has 1 aromatic heterocycles. The Kier molecular flexibility index (Phi) is 3.76. The molecule has 0 amide bonds. The third kappa shape index (κ3) is 2.77. The third-order valence-corrected chi connectivity index (χ3v) is 4.20. The van der Waals surface area contributed by atoms with Crippen molar-refractivity contribution in [3.63, 3.8) is 0 Å². The molecular formula is C12H23N7. The van der Waals surface area contributed by atoms with Gasteiger partial charge in [0, 0.05) is 51.2 Å². The summed E-state index contributed by atoms with van der Waals surface area (Å²) in [7, 11) is 1.82. The van der Waals surface area contributed by atoms with Gasteiger partial charge in [-0.05, 0) is 11.8 Å². The molecule has 4 rings (SSSR count). The van der Waals surface area contributed by atoms with E-state index in [1.807, 2.05) is 7.05 Å². The molecule has 7 heteroatoms. The number of rotatable bonds is 5. The first-order valence-electron chi connectivity index (χ1n) is 7.19. The van der Waals surface area contributed by atoms with E-state index in [2.05, 4.69) is 37.5 Å². The first kappa shape index (κ1) is 13.0. The summed E-state index contributed by atoms with van der Waals surface area (Å²) in [5.41, 5.74) is 0. The van der Waals surface area contributed by atoms with Gasteiger partial charge in [-0.25, -0.2) is 0 Å². The van der Waals surface area contributed by atoms with Crippen LogP contribution in [0.25, 0.3) is 0 Å². The zero-order chi connectivity index (χ0) is 13.2. The Morgan fingerprint density at radius 2 is 2.11 bits per heavy atom. The molecule has 0 spiro atoms. The van der Waals surface area contributed by atoms with E-state index in [1.54, 1.807) is 0 Å². The van der Waals surface area contributed by atoms with Gasteiger partial charge in [0.15, 0.2) is 5.82 Å². The fourth-order valence-corrected chi connectivity index (χ4v) is 3.25. The molecule has 19 heavy (non-hydrogen) atoms. The summed E-state index contributed by atoms with van der Waals surface area (Å²) in [5, 5.41) is 16.0. The van der Waals surface area contributed by atoms with Crippen molar-refractivity contribution in [2.45, 2.75) is 25.4 Å². The molecule has 0 aliphatic carbocycles. The maximum Gasteiger partial charge on any atom is 0.176 e. The summed E-state index contributed by atoms with van der Waals surface area (Å²) in [6, 6.07) is 0.989. The van der Waals surface area contributed by atoms with E-state index in [9.17, 15) is 0 Å². The molecule has 1 N–H and O–H groups in total. The molecule has 3 aliphatic rings. The van der Waals surface area contributed by atoms with Gasteiger partial charge in [-0.1, -0.05) is 6.92 Å². The maximum absolute atomic E-state index is 4.31. The number of likely N-dealkylation sites (N-methyl/N-ethyl adjacent to an activating group) is 1. The highest BCUT2D eigenvalue weighted by molar-refractivity contribution is 4.98. The summed E-state index contributed by atoms with van der Waals surface area (Å²) in [6.07, 6.45) is 0.858. The van der Waals surface area contributed by atoms with Gasteiger partial charge in [-0.3, -0.25) is 9.80 Å². The topological polar surface area (TPSA) is 62.1 Å². The van der Waals surface area contributed by atoms with E-state index in [0.717, 1.165) is 25.3 Å². The van der Waals surface area contributed by atoms with Crippen molar-refractivity contribution < 1.29 is 0 Å². The SMILES string of the molecule is CCNC(Cc1nnn(C)n1)C1CN2CCN1CC2. The van der Waals surface area contributed by atoms with Gasteiger partial charge in [-0.2, -0.15) is 4.80 Å². The van der Waals surface area contributed by atoms with Crippen LogP contribution in [0.4, 0.5) is 0 Å². The number of hydrogen-bond donors (Lipinski definition) is 1. The summed E-state index contributed by atoms with van der Waals surface area (Å²) in [6.45, 7) is 9.14. The molecule has 7 nitrogen and oxygen atoms in total. The Balaban J connectivity index is 1.69. The first-order chi connectivity index (χ1) is 9.26. The number of fused-ring (bicyclic) bond motifs is 3. The largest absolute Gasteiger partial charge is 0.312 e. The van der Waals surface area contributed by atoms with Crippen LogP contribution in [0.2, 0.25) is 0 Å². The number of piperazine rings is 3. The van der Waals surface area contributed by atoms with Crippen molar-refractivity contribution in [2.75, 3.05) is 39.3 Å². The van der Waals surface area contributed by atoms with E-state index < -0.39 is 0 Å². The van der Waals surface area contributed by atoms with Crippen LogP contribution in [0.1, 0.15) is 12.7 Å². The molecule has 1 aromatic rings. The van der Waals surface area contributed by atoms with Crippen molar-refractivity contribution >= 4 is 0 Å². The van der Waals surface area contributed by atoms with Crippen molar-refractivity contribution in [2.24, 2.45) is 7.05 Å².